The van der Waals surface area contributed by atoms with Gasteiger partial charge in [0.15, 0.2) is 4.80 Å². The fourth-order valence-corrected chi connectivity index (χ4v) is 1.93. The van der Waals surface area contributed by atoms with Gasteiger partial charge in [-0.25, -0.2) is 0 Å². The lowest BCUT2D eigenvalue weighted by Crippen LogP contribution is -2.14. The normalized spacial score (nSPS) is 12.2. The summed E-state index contributed by atoms with van der Waals surface area (Å²) in [6, 6.07) is 0. The van der Waals surface area contributed by atoms with E-state index >= 15 is 0 Å². The van der Waals surface area contributed by atoms with E-state index in [1.165, 1.54) is 16.2 Å². The summed E-state index contributed by atoms with van der Waals surface area (Å²) in [4.78, 5) is 16.7. The van der Waals surface area contributed by atoms with Crippen LogP contribution in [0.25, 0.3) is 0 Å². The number of carbonyl (C=O) groups is 1. The summed E-state index contributed by atoms with van der Waals surface area (Å²) >= 11 is 6.85. The van der Waals surface area contributed by atoms with Crippen molar-refractivity contribution in [1.29, 1.82) is 0 Å². The van der Waals surface area contributed by atoms with Crippen LogP contribution in [0.4, 0.5) is 0 Å². The zero-order valence-corrected chi connectivity index (χ0v) is 9.37. The number of rotatable bonds is 1. The Labute approximate surface area is 85.7 Å². The molecule has 1 heterocycles. The zero-order chi connectivity index (χ0) is 10.0. The first-order chi connectivity index (χ1) is 6.06. The summed E-state index contributed by atoms with van der Waals surface area (Å²) in [5.41, 5.74) is 1.13. The van der Waals surface area contributed by atoms with Crippen LogP contribution >= 0.6 is 22.9 Å². The maximum atomic E-state index is 10.9. The van der Waals surface area contributed by atoms with Crippen LogP contribution in [0.1, 0.15) is 10.6 Å². The second-order valence-electron chi connectivity index (χ2n) is 2.72. The molecular formula is C8H11ClN2OS. The fourth-order valence-electron chi connectivity index (χ4n) is 0.893. The molecule has 0 N–H and O–H groups in total. The van der Waals surface area contributed by atoms with Gasteiger partial charge in [-0.2, -0.15) is 4.99 Å². The SMILES string of the molecule is Cc1sc(=NC(=O)CCl)n(C)c1C. The Bertz CT molecular complexity index is 391. The summed E-state index contributed by atoms with van der Waals surface area (Å²) in [5, 5.41) is 0. The molecule has 1 rings (SSSR count). The van der Waals surface area contributed by atoms with E-state index in [-0.39, 0.29) is 11.8 Å². The minimum absolute atomic E-state index is 0.0595. The van der Waals surface area contributed by atoms with Crippen molar-refractivity contribution in [2.24, 2.45) is 12.0 Å². The first-order valence-electron chi connectivity index (χ1n) is 3.82. The van der Waals surface area contributed by atoms with E-state index in [0.29, 0.717) is 4.80 Å². The molecule has 0 unspecified atom stereocenters. The Morgan fingerprint density at radius 3 is 2.62 bits per heavy atom. The van der Waals surface area contributed by atoms with Gasteiger partial charge < -0.3 is 4.57 Å². The topological polar surface area (TPSA) is 34.4 Å². The van der Waals surface area contributed by atoms with Gasteiger partial charge in [-0.3, -0.25) is 4.79 Å². The van der Waals surface area contributed by atoms with Gasteiger partial charge in [0.05, 0.1) is 0 Å². The number of hydrogen-bond donors (Lipinski definition) is 0. The van der Waals surface area contributed by atoms with E-state index in [1.807, 2.05) is 25.5 Å². The molecule has 3 nitrogen and oxygen atoms in total. The number of carbonyl (C=O) groups excluding carboxylic acids is 1. The molecule has 0 spiro atoms. The Morgan fingerprint density at radius 1 is 1.62 bits per heavy atom. The van der Waals surface area contributed by atoms with Crippen molar-refractivity contribution in [2.75, 3.05) is 5.88 Å². The van der Waals surface area contributed by atoms with Gasteiger partial charge in [0.1, 0.15) is 5.88 Å². The van der Waals surface area contributed by atoms with Gasteiger partial charge in [-0.15, -0.1) is 22.9 Å². The Balaban J connectivity index is 3.23. The lowest BCUT2D eigenvalue weighted by molar-refractivity contribution is -0.115. The summed E-state index contributed by atoms with van der Waals surface area (Å²) < 4.78 is 1.89. The van der Waals surface area contributed by atoms with Crippen molar-refractivity contribution in [1.82, 2.24) is 4.57 Å². The Hall–Kier alpha value is -0.610. The van der Waals surface area contributed by atoms with E-state index in [2.05, 4.69) is 4.99 Å². The fraction of sp³-hybridized carbons (Fsp3) is 0.500. The average molecular weight is 219 g/mol. The number of hydrogen-bond acceptors (Lipinski definition) is 2. The van der Waals surface area contributed by atoms with Crippen LogP contribution in [0.2, 0.25) is 0 Å². The van der Waals surface area contributed by atoms with Crippen LogP contribution in [0.5, 0.6) is 0 Å². The third-order valence-electron chi connectivity index (χ3n) is 1.88. The summed E-state index contributed by atoms with van der Waals surface area (Å²) in [5.74, 6) is -0.353. The summed E-state index contributed by atoms with van der Waals surface area (Å²) in [7, 11) is 1.89. The molecule has 1 amide bonds. The molecule has 1 aromatic rings. The van der Waals surface area contributed by atoms with Gasteiger partial charge in [-0.05, 0) is 13.8 Å². The number of aromatic nitrogens is 1. The molecule has 0 aromatic carbocycles. The number of aryl methyl sites for hydroxylation is 1. The summed E-state index contributed by atoms with van der Waals surface area (Å²) in [6.07, 6.45) is 0. The van der Waals surface area contributed by atoms with Crippen LogP contribution in [0.3, 0.4) is 0 Å². The molecular weight excluding hydrogens is 208 g/mol. The van der Waals surface area contributed by atoms with Gasteiger partial charge in [0.25, 0.3) is 5.91 Å². The number of alkyl halides is 1. The summed E-state index contributed by atoms with van der Waals surface area (Å²) in [6.45, 7) is 4.00. The van der Waals surface area contributed by atoms with Crippen LogP contribution in [0.15, 0.2) is 4.99 Å². The van der Waals surface area contributed by atoms with Crippen molar-refractivity contribution < 1.29 is 4.79 Å². The number of halogens is 1. The van der Waals surface area contributed by atoms with Crippen molar-refractivity contribution in [2.45, 2.75) is 13.8 Å². The van der Waals surface area contributed by atoms with Gasteiger partial charge in [-0.1, -0.05) is 0 Å². The molecule has 0 aliphatic heterocycles. The number of thiazole rings is 1. The van der Waals surface area contributed by atoms with Crippen LogP contribution in [-0.2, 0) is 11.8 Å². The highest BCUT2D eigenvalue weighted by atomic mass is 35.5. The minimum atomic E-state index is -0.293. The van der Waals surface area contributed by atoms with Gasteiger partial charge >= 0.3 is 0 Å². The Kier molecular flexibility index (Phi) is 3.27. The molecule has 0 radical (unpaired) electrons. The molecule has 72 valence electrons. The maximum Gasteiger partial charge on any atom is 0.263 e. The van der Waals surface area contributed by atoms with Crippen molar-refractivity contribution in [3.05, 3.63) is 15.4 Å². The number of nitrogens with zero attached hydrogens (tertiary/aromatic N) is 2. The molecule has 5 heteroatoms. The van der Waals surface area contributed by atoms with E-state index < -0.39 is 0 Å². The molecule has 0 aliphatic rings. The van der Waals surface area contributed by atoms with Crippen molar-refractivity contribution in [3.8, 4) is 0 Å². The van der Waals surface area contributed by atoms with Crippen LogP contribution in [-0.4, -0.2) is 16.4 Å². The van der Waals surface area contributed by atoms with E-state index in [9.17, 15) is 4.79 Å². The second-order valence-corrected chi connectivity index (χ2v) is 4.17. The third-order valence-corrected chi connectivity index (χ3v) is 3.26. The van der Waals surface area contributed by atoms with Crippen molar-refractivity contribution in [3.63, 3.8) is 0 Å². The molecule has 0 saturated carbocycles. The largest absolute Gasteiger partial charge is 0.324 e. The highest BCUT2D eigenvalue weighted by molar-refractivity contribution is 7.09. The lowest BCUT2D eigenvalue weighted by atomic mass is 10.4. The highest BCUT2D eigenvalue weighted by Crippen LogP contribution is 2.07. The zero-order valence-electron chi connectivity index (χ0n) is 7.80. The van der Waals surface area contributed by atoms with Gasteiger partial charge in [0, 0.05) is 17.6 Å². The minimum Gasteiger partial charge on any atom is -0.324 e. The molecule has 13 heavy (non-hydrogen) atoms. The molecule has 0 bridgehead atoms. The quantitative estimate of drug-likeness (QED) is 0.656. The third kappa shape index (κ3) is 2.19. The van der Waals surface area contributed by atoms with Gasteiger partial charge in [0.2, 0.25) is 0 Å². The molecule has 0 saturated heterocycles. The molecule has 0 aliphatic carbocycles. The Morgan fingerprint density at radius 2 is 2.23 bits per heavy atom. The highest BCUT2D eigenvalue weighted by Gasteiger charge is 2.03. The van der Waals surface area contributed by atoms with Crippen LogP contribution < -0.4 is 4.80 Å². The second kappa shape index (κ2) is 4.07. The first kappa shape index (κ1) is 10.5. The maximum absolute atomic E-state index is 10.9. The molecule has 0 atom stereocenters. The van der Waals surface area contributed by atoms with E-state index in [4.69, 9.17) is 11.6 Å². The van der Waals surface area contributed by atoms with E-state index in [1.54, 1.807) is 0 Å². The standard InChI is InChI=1S/C8H11ClN2OS/c1-5-6(2)13-8(11(5)3)10-7(12)4-9/h4H2,1-3H3. The molecule has 1 aromatic heterocycles. The smallest absolute Gasteiger partial charge is 0.263 e. The predicted molar refractivity (Wildman–Crippen MR) is 54.1 cm³/mol. The number of amides is 1. The van der Waals surface area contributed by atoms with Crippen molar-refractivity contribution >= 4 is 28.8 Å². The molecule has 0 fully saturated rings. The van der Waals surface area contributed by atoms with Crippen LogP contribution in [0, 0.1) is 13.8 Å². The van der Waals surface area contributed by atoms with E-state index in [0.717, 1.165) is 5.69 Å². The average Bonchev–Trinajstić information content (AvgIpc) is 2.34. The monoisotopic (exact) mass is 218 g/mol. The predicted octanol–water partition coefficient (Wildman–Crippen LogP) is 1.37. The first-order valence-corrected chi connectivity index (χ1v) is 5.18. The lowest BCUT2D eigenvalue weighted by Gasteiger charge is -1.94.